The molecule has 0 saturated carbocycles. The van der Waals surface area contributed by atoms with Crippen LogP contribution in [0.1, 0.15) is 18.1 Å². The lowest BCUT2D eigenvalue weighted by Gasteiger charge is -2.19. The summed E-state index contributed by atoms with van der Waals surface area (Å²) < 4.78 is 16.3. The number of likely N-dealkylation sites (N-methyl/N-ethyl adjacent to an activating group) is 1. The van der Waals surface area contributed by atoms with E-state index in [1.807, 2.05) is 98.7 Å². The maximum Gasteiger partial charge on any atom is 0.407 e. The van der Waals surface area contributed by atoms with E-state index in [9.17, 15) is 4.79 Å². The molecule has 3 heterocycles. The van der Waals surface area contributed by atoms with Crippen molar-refractivity contribution in [2.24, 2.45) is 0 Å². The van der Waals surface area contributed by atoms with Gasteiger partial charge in [0.05, 0.1) is 31.5 Å². The number of nitrogens with one attached hydrogen (secondary N) is 1. The highest BCUT2D eigenvalue weighted by Crippen LogP contribution is 2.33. The minimum atomic E-state index is -0.409. The number of para-hydroxylation sites is 1. The summed E-state index contributed by atoms with van der Waals surface area (Å²) in [5.74, 6) is 3.86. The molecule has 12 nitrogen and oxygen atoms in total. The number of amides is 1. The van der Waals surface area contributed by atoms with Crippen molar-refractivity contribution >= 4 is 40.8 Å². The third-order valence-electron chi connectivity index (χ3n) is 7.42. The van der Waals surface area contributed by atoms with Crippen LogP contribution in [0.5, 0.6) is 11.5 Å². The molecule has 45 heavy (non-hydrogen) atoms. The molecule has 2 aromatic heterocycles. The van der Waals surface area contributed by atoms with E-state index in [0.29, 0.717) is 55.1 Å². The second-order valence-electron chi connectivity index (χ2n) is 11.2. The van der Waals surface area contributed by atoms with Gasteiger partial charge in [-0.1, -0.05) is 12.1 Å². The van der Waals surface area contributed by atoms with Gasteiger partial charge in [0.25, 0.3) is 0 Å². The zero-order chi connectivity index (χ0) is 31.9. The molecular formula is C33H40N8O4. The maximum atomic E-state index is 12.4. The molecule has 236 valence electrons. The van der Waals surface area contributed by atoms with E-state index in [1.54, 1.807) is 14.2 Å². The summed E-state index contributed by atoms with van der Waals surface area (Å²) in [5, 5.41) is 3.97. The molecule has 4 aromatic rings. The van der Waals surface area contributed by atoms with E-state index in [0.717, 1.165) is 34.5 Å². The number of methoxy groups -OCH3 is 2. The van der Waals surface area contributed by atoms with Crippen molar-refractivity contribution in [1.82, 2.24) is 30.2 Å². The minimum absolute atomic E-state index is 0.0641. The zero-order valence-electron chi connectivity index (χ0n) is 26.6. The number of hydrogen-bond donors (Lipinski definition) is 1. The summed E-state index contributed by atoms with van der Waals surface area (Å²) in [7, 11) is 11.0. The topological polar surface area (TPSA) is 118 Å². The highest BCUT2D eigenvalue weighted by atomic mass is 16.5. The van der Waals surface area contributed by atoms with E-state index < -0.39 is 6.09 Å². The maximum absolute atomic E-state index is 12.4. The van der Waals surface area contributed by atoms with Crippen LogP contribution in [0.15, 0.2) is 48.5 Å². The Hall–Kier alpha value is -4.97. The zero-order valence-corrected chi connectivity index (χ0v) is 26.6. The molecule has 1 saturated heterocycles. The number of fused-ring (bicyclic) bond motifs is 1. The van der Waals surface area contributed by atoms with Crippen LogP contribution in [-0.4, -0.2) is 106 Å². The van der Waals surface area contributed by atoms with Gasteiger partial charge in [0.1, 0.15) is 18.2 Å². The van der Waals surface area contributed by atoms with Crippen molar-refractivity contribution in [1.29, 1.82) is 0 Å². The van der Waals surface area contributed by atoms with Crippen LogP contribution in [0.2, 0.25) is 0 Å². The number of carbonyl (C=O) groups is 1. The highest BCUT2D eigenvalue weighted by Gasteiger charge is 2.26. The highest BCUT2D eigenvalue weighted by molar-refractivity contribution is 5.90. The molecule has 1 aliphatic rings. The SMILES string of the molecule is COc1ccc(-c2cc(N3CCC(NC(=O)OCCN(C)C)C3)nc(C=Cc3nc(N(C)C)c4ccccc4n3)n2)cc1OC. The number of alkyl carbamates (subject to hydrolysis) is 1. The first-order valence-corrected chi connectivity index (χ1v) is 14.8. The Balaban J connectivity index is 1.45. The normalized spacial score (nSPS) is 14.7. The van der Waals surface area contributed by atoms with Gasteiger partial charge in [-0.15, -0.1) is 0 Å². The van der Waals surface area contributed by atoms with Crippen molar-refractivity contribution in [2.75, 3.05) is 78.5 Å². The molecule has 0 aliphatic carbocycles. The summed E-state index contributed by atoms with van der Waals surface area (Å²) in [6.45, 7) is 2.31. The molecule has 0 radical (unpaired) electrons. The third kappa shape index (κ3) is 7.76. The van der Waals surface area contributed by atoms with E-state index in [4.69, 9.17) is 34.1 Å². The Labute approximate surface area is 263 Å². The van der Waals surface area contributed by atoms with Gasteiger partial charge in [0.15, 0.2) is 23.1 Å². The van der Waals surface area contributed by atoms with Gasteiger partial charge < -0.3 is 34.2 Å². The molecular weight excluding hydrogens is 572 g/mol. The molecule has 1 aliphatic heterocycles. The van der Waals surface area contributed by atoms with Crippen LogP contribution in [0.25, 0.3) is 34.3 Å². The van der Waals surface area contributed by atoms with Gasteiger partial charge in [0.2, 0.25) is 0 Å². The van der Waals surface area contributed by atoms with Crippen LogP contribution in [0, 0.1) is 0 Å². The van der Waals surface area contributed by atoms with Gasteiger partial charge in [-0.2, -0.15) is 0 Å². The number of nitrogens with zero attached hydrogens (tertiary/aromatic N) is 7. The quantitative estimate of drug-likeness (QED) is 0.263. The summed E-state index contributed by atoms with van der Waals surface area (Å²) in [6.07, 6.45) is 4.01. The molecule has 1 fully saturated rings. The molecule has 1 amide bonds. The molecule has 0 bridgehead atoms. The first-order valence-electron chi connectivity index (χ1n) is 14.8. The predicted octanol–water partition coefficient (Wildman–Crippen LogP) is 4.21. The van der Waals surface area contributed by atoms with Gasteiger partial charge in [-0.3, -0.25) is 0 Å². The van der Waals surface area contributed by atoms with Crippen molar-refractivity contribution in [3.05, 3.63) is 60.2 Å². The summed E-state index contributed by atoms with van der Waals surface area (Å²) in [5.41, 5.74) is 2.42. The van der Waals surface area contributed by atoms with Gasteiger partial charge >= 0.3 is 6.09 Å². The second-order valence-corrected chi connectivity index (χ2v) is 11.2. The van der Waals surface area contributed by atoms with Crippen LogP contribution >= 0.6 is 0 Å². The molecule has 2 aromatic carbocycles. The number of rotatable bonds is 11. The smallest absolute Gasteiger partial charge is 0.407 e. The standard InChI is InChI=1S/C33H40N8O4/c1-39(2)17-18-45-33(42)34-23-15-16-41(21-23)31-20-26(22-11-12-27(43-5)28(19-22)44-6)36-29(37-31)13-14-30-35-25-10-8-7-9-24(25)32(38-30)40(3)4/h7-14,19-20,23H,15-18,21H2,1-6H3,(H,34,42). The average Bonchev–Trinajstić information content (AvgIpc) is 3.51. The fourth-order valence-corrected chi connectivity index (χ4v) is 5.09. The van der Waals surface area contributed by atoms with Crippen molar-refractivity contribution in [3.63, 3.8) is 0 Å². The van der Waals surface area contributed by atoms with Crippen LogP contribution in [-0.2, 0) is 4.74 Å². The largest absolute Gasteiger partial charge is 0.493 e. The summed E-state index contributed by atoms with van der Waals surface area (Å²) in [4.78, 5) is 37.7. The number of benzene rings is 2. The van der Waals surface area contributed by atoms with Gasteiger partial charge in [-0.25, -0.2) is 24.7 Å². The predicted molar refractivity (Wildman–Crippen MR) is 177 cm³/mol. The Morgan fingerprint density at radius 2 is 1.71 bits per heavy atom. The minimum Gasteiger partial charge on any atom is -0.493 e. The molecule has 1 N–H and O–H groups in total. The monoisotopic (exact) mass is 612 g/mol. The van der Waals surface area contributed by atoms with Crippen LogP contribution in [0.3, 0.4) is 0 Å². The number of hydrogen-bond acceptors (Lipinski definition) is 11. The average molecular weight is 613 g/mol. The number of carbonyl (C=O) groups excluding carboxylic acids is 1. The molecule has 0 spiro atoms. The third-order valence-corrected chi connectivity index (χ3v) is 7.42. The van der Waals surface area contributed by atoms with E-state index in [1.165, 1.54) is 0 Å². The fourth-order valence-electron chi connectivity index (χ4n) is 5.09. The van der Waals surface area contributed by atoms with E-state index >= 15 is 0 Å². The first-order chi connectivity index (χ1) is 21.7. The number of anilines is 2. The second kappa shape index (κ2) is 14.2. The van der Waals surface area contributed by atoms with Crippen molar-refractivity contribution in [2.45, 2.75) is 12.5 Å². The Bertz CT molecular complexity index is 1680. The molecule has 12 heteroatoms. The summed E-state index contributed by atoms with van der Waals surface area (Å²) >= 11 is 0. The number of ether oxygens (including phenoxy) is 3. The Morgan fingerprint density at radius 1 is 0.956 bits per heavy atom. The van der Waals surface area contributed by atoms with Gasteiger partial charge in [-0.05, 0) is 63.0 Å². The Kier molecular flexibility index (Phi) is 9.93. The molecule has 1 atom stereocenters. The first kappa shape index (κ1) is 31.5. The fraction of sp³-hybridized carbons (Fsp3) is 0.364. The van der Waals surface area contributed by atoms with Crippen LogP contribution < -0.4 is 24.6 Å². The van der Waals surface area contributed by atoms with Crippen molar-refractivity contribution in [3.8, 4) is 22.8 Å². The molecule has 5 rings (SSSR count). The lowest BCUT2D eigenvalue weighted by Crippen LogP contribution is -2.38. The molecule has 1 unspecified atom stereocenters. The van der Waals surface area contributed by atoms with E-state index in [-0.39, 0.29) is 6.04 Å². The van der Waals surface area contributed by atoms with Gasteiger partial charge in [0, 0.05) is 50.7 Å². The van der Waals surface area contributed by atoms with E-state index in [2.05, 4.69) is 10.2 Å². The lowest BCUT2D eigenvalue weighted by molar-refractivity contribution is 0.134. The van der Waals surface area contributed by atoms with Crippen LogP contribution in [0.4, 0.5) is 16.4 Å². The lowest BCUT2D eigenvalue weighted by atomic mass is 10.1. The Morgan fingerprint density at radius 3 is 2.44 bits per heavy atom. The van der Waals surface area contributed by atoms with Crippen molar-refractivity contribution < 1.29 is 19.0 Å². The summed E-state index contributed by atoms with van der Waals surface area (Å²) in [6, 6.07) is 15.5. The number of aromatic nitrogens is 4.